The molecule has 2 N–H and O–H groups in total. The minimum absolute atomic E-state index is 0.333. The highest BCUT2D eigenvalue weighted by atomic mass is 16.5. The largest absolute Gasteiger partial charge is 0.467 e. The SMILES string of the molecule is C=C(CCCC#Cc1cccc(C(=O)N[C@H](CN=O)C(=O)OC)c1)NC. The molecule has 0 aliphatic carbocycles. The molecule has 1 atom stereocenters. The number of allylic oxidation sites excluding steroid dienone is 1. The number of carbonyl (C=O) groups excluding carboxylic acids is 2. The van der Waals surface area contributed by atoms with E-state index in [0.717, 1.165) is 18.5 Å². The van der Waals surface area contributed by atoms with E-state index in [4.69, 9.17) is 0 Å². The van der Waals surface area contributed by atoms with Gasteiger partial charge >= 0.3 is 5.97 Å². The molecular weight excluding hydrogens is 334 g/mol. The van der Waals surface area contributed by atoms with Gasteiger partial charge in [-0.1, -0.05) is 29.7 Å². The number of ether oxygens (including phenoxy) is 1. The van der Waals surface area contributed by atoms with Gasteiger partial charge in [-0.05, 0) is 31.0 Å². The van der Waals surface area contributed by atoms with Crippen molar-refractivity contribution in [1.82, 2.24) is 10.6 Å². The summed E-state index contributed by atoms with van der Waals surface area (Å²) in [6, 6.07) is 5.60. The normalized spacial score (nSPS) is 10.7. The molecule has 1 aromatic carbocycles. The zero-order valence-corrected chi connectivity index (χ0v) is 15.0. The van der Waals surface area contributed by atoms with Crippen molar-refractivity contribution in [3.8, 4) is 11.8 Å². The maximum atomic E-state index is 12.3. The van der Waals surface area contributed by atoms with Gasteiger partial charge in [0.05, 0.1) is 7.11 Å². The van der Waals surface area contributed by atoms with E-state index in [2.05, 4.69) is 39.0 Å². The molecule has 0 spiro atoms. The van der Waals surface area contributed by atoms with Crippen LogP contribution >= 0.6 is 0 Å². The van der Waals surface area contributed by atoms with E-state index >= 15 is 0 Å². The number of nitroso groups, excluding NO2 is 1. The van der Waals surface area contributed by atoms with Gasteiger partial charge in [0.25, 0.3) is 5.91 Å². The molecule has 7 nitrogen and oxygen atoms in total. The Kier molecular flexibility index (Phi) is 9.18. The molecule has 0 saturated carbocycles. The Bertz CT molecular complexity index is 719. The maximum Gasteiger partial charge on any atom is 0.330 e. The highest BCUT2D eigenvalue weighted by Gasteiger charge is 2.22. The second kappa shape index (κ2) is 11.4. The number of unbranched alkanes of at least 4 members (excludes halogenated alkanes) is 1. The van der Waals surface area contributed by atoms with Gasteiger partial charge in [-0.15, -0.1) is 0 Å². The first-order valence-electron chi connectivity index (χ1n) is 8.14. The lowest BCUT2D eigenvalue weighted by molar-refractivity contribution is -0.142. The van der Waals surface area contributed by atoms with Gasteiger partial charge in [0.2, 0.25) is 0 Å². The molecule has 1 amide bonds. The number of nitrogens with zero attached hydrogens (tertiary/aromatic N) is 1. The maximum absolute atomic E-state index is 12.3. The molecule has 0 fully saturated rings. The molecule has 0 radical (unpaired) electrons. The van der Waals surface area contributed by atoms with Gasteiger partial charge in [0, 0.05) is 30.3 Å². The van der Waals surface area contributed by atoms with E-state index in [0.29, 0.717) is 17.5 Å². The predicted octanol–water partition coefficient (Wildman–Crippen LogP) is 1.98. The standard InChI is InChI=1S/C19H23N3O4/c1-14(20-2)8-5-4-6-9-15-10-7-11-16(12-15)18(23)22-17(13-21-25)19(24)26-3/h7,10-12,17,20H,1,4-5,8,13H2,2-3H3,(H,22,23)/t17-/m1/s1. The average molecular weight is 357 g/mol. The molecule has 1 aromatic rings. The third kappa shape index (κ3) is 7.18. The van der Waals surface area contributed by atoms with Crippen molar-refractivity contribution in [2.75, 3.05) is 20.7 Å². The van der Waals surface area contributed by atoms with Gasteiger partial charge in [-0.2, -0.15) is 4.91 Å². The molecule has 0 aliphatic heterocycles. The van der Waals surface area contributed by atoms with Crippen LogP contribution in [0.1, 0.15) is 35.2 Å². The van der Waals surface area contributed by atoms with Crippen LogP contribution in [0.25, 0.3) is 0 Å². The molecule has 0 bridgehead atoms. The van der Waals surface area contributed by atoms with E-state index in [1.54, 1.807) is 24.3 Å². The summed E-state index contributed by atoms with van der Waals surface area (Å²) >= 11 is 0. The van der Waals surface area contributed by atoms with Crippen LogP contribution in [0.4, 0.5) is 0 Å². The molecule has 0 unspecified atom stereocenters. The fourth-order valence-electron chi connectivity index (χ4n) is 2.06. The van der Waals surface area contributed by atoms with Crippen LogP contribution in [-0.2, 0) is 9.53 Å². The molecule has 0 aliphatic rings. The molecule has 1 rings (SSSR count). The predicted molar refractivity (Wildman–Crippen MR) is 99.3 cm³/mol. The smallest absolute Gasteiger partial charge is 0.330 e. The van der Waals surface area contributed by atoms with Gasteiger partial charge < -0.3 is 15.4 Å². The van der Waals surface area contributed by atoms with E-state index in [1.165, 1.54) is 7.11 Å². The molecule has 138 valence electrons. The molecule has 0 saturated heterocycles. The van der Waals surface area contributed by atoms with Crippen molar-refractivity contribution in [2.24, 2.45) is 5.18 Å². The summed E-state index contributed by atoms with van der Waals surface area (Å²) in [5, 5.41) is 8.07. The Labute approximate surface area is 153 Å². The number of benzene rings is 1. The van der Waals surface area contributed by atoms with Gasteiger partial charge in [-0.3, -0.25) is 4.79 Å². The third-order valence-corrected chi connectivity index (χ3v) is 3.54. The molecule has 7 heteroatoms. The fourth-order valence-corrected chi connectivity index (χ4v) is 2.06. The Morgan fingerprint density at radius 2 is 2.15 bits per heavy atom. The third-order valence-electron chi connectivity index (χ3n) is 3.54. The first-order chi connectivity index (χ1) is 12.5. The van der Waals surface area contributed by atoms with Crippen LogP contribution in [0.3, 0.4) is 0 Å². The van der Waals surface area contributed by atoms with Crippen LogP contribution in [0.2, 0.25) is 0 Å². The monoisotopic (exact) mass is 357 g/mol. The first kappa shape index (κ1) is 20.9. The quantitative estimate of drug-likeness (QED) is 0.305. The van der Waals surface area contributed by atoms with Crippen LogP contribution in [0.5, 0.6) is 0 Å². The number of nitrogens with one attached hydrogen (secondary N) is 2. The highest BCUT2D eigenvalue weighted by molar-refractivity contribution is 5.97. The number of hydrogen-bond acceptors (Lipinski definition) is 6. The summed E-state index contributed by atoms with van der Waals surface area (Å²) in [5.74, 6) is 4.83. The summed E-state index contributed by atoms with van der Waals surface area (Å²) < 4.78 is 4.54. The van der Waals surface area contributed by atoms with Crippen LogP contribution < -0.4 is 10.6 Å². The lowest BCUT2D eigenvalue weighted by atomic mass is 10.1. The number of amides is 1. The molecular formula is C19H23N3O4. The van der Waals surface area contributed by atoms with Crippen LogP contribution in [0.15, 0.2) is 41.7 Å². The summed E-state index contributed by atoms with van der Waals surface area (Å²) in [6.45, 7) is 3.46. The number of hydrogen-bond donors (Lipinski definition) is 2. The van der Waals surface area contributed by atoms with Gasteiger partial charge in [0.1, 0.15) is 6.54 Å². The van der Waals surface area contributed by atoms with Crippen molar-refractivity contribution < 1.29 is 14.3 Å². The van der Waals surface area contributed by atoms with E-state index in [9.17, 15) is 14.5 Å². The average Bonchev–Trinajstić information content (AvgIpc) is 2.66. The number of rotatable bonds is 9. The Morgan fingerprint density at radius 1 is 1.38 bits per heavy atom. The molecule has 0 aromatic heterocycles. The lowest BCUT2D eigenvalue weighted by Crippen LogP contribution is -2.43. The fraction of sp³-hybridized carbons (Fsp3) is 0.368. The first-order valence-corrected chi connectivity index (χ1v) is 8.14. The Balaban J connectivity index is 2.70. The number of methoxy groups -OCH3 is 1. The minimum Gasteiger partial charge on any atom is -0.467 e. The second-order valence-electron chi connectivity index (χ2n) is 5.45. The van der Waals surface area contributed by atoms with Crippen molar-refractivity contribution in [3.63, 3.8) is 0 Å². The van der Waals surface area contributed by atoms with E-state index in [1.807, 2.05) is 7.05 Å². The minimum atomic E-state index is -1.11. The summed E-state index contributed by atoms with van der Waals surface area (Å²) in [4.78, 5) is 34.2. The van der Waals surface area contributed by atoms with E-state index < -0.39 is 24.5 Å². The van der Waals surface area contributed by atoms with Crippen LogP contribution in [-0.4, -0.2) is 38.6 Å². The zero-order chi connectivity index (χ0) is 19.4. The molecule has 26 heavy (non-hydrogen) atoms. The van der Waals surface area contributed by atoms with Crippen molar-refractivity contribution in [3.05, 3.63) is 52.6 Å². The van der Waals surface area contributed by atoms with Crippen LogP contribution in [0, 0.1) is 16.7 Å². The summed E-state index contributed by atoms with van der Waals surface area (Å²) in [7, 11) is 3.01. The lowest BCUT2D eigenvalue weighted by Gasteiger charge is -2.13. The Hall–Kier alpha value is -3.14. The van der Waals surface area contributed by atoms with E-state index in [-0.39, 0.29) is 0 Å². The number of carbonyl (C=O) groups is 2. The van der Waals surface area contributed by atoms with Crippen molar-refractivity contribution in [1.29, 1.82) is 0 Å². The number of esters is 1. The second-order valence-corrected chi connectivity index (χ2v) is 5.45. The molecule has 0 heterocycles. The topological polar surface area (TPSA) is 96.9 Å². The summed E-state index contributed by atoms with van der Waals surface area (Å²) in [5.41, 5.74) is 1.99. The van der Waals surface area contributed by atoms with Gasteiger partial charge in [-0.25, -0.2) is 4.79 Å². The Morgan fingerprint density at radius 3 is 2.81 bits per heavy atom. The summed E-state index contributed by atoms with van der Waals surface area (Å²) in [6.07, 6.45) is 2.46. The van der Waals surface area contributed by atoms with Gasteiger partial charge in [0.15, 0.2) is 6.04 Å². The zero-order valence-electron chi connectivity index (χ0n) is 15.0. The van der Waals surface area contributed by atoms with Crippen molar-refractivity contribution >= 4 is 11.9 Å². The highest BCUT2D eigenvalue weighted by Crippen LogP contribution is 2.06. The van der Waals surface area contributed by atoms with Crippen molar-refractivity contribution in [2.45, 2.75) is 25.3 Å².